The number of hydrogen-bond acceptors (Lipinski definition) is 6. The topological polar surface area (TPSA) is 87.3 Å². The Kier molecular flexibility index (Phi) is 6.67. The summed E-state index contributed by atoms with van der Waals surface area (Å²) in [7, 11) is 0. The second-order valence-corrected chi connectivity index (χ2v) is 4.75. The number of nitrogens with one attached hydrogen (secondary N) is 1. The monoisotopic (exact) mass is 343 g/mol. The predicted octanol–water partition coefficient (Wildman–Crippen LogP) is 1.68. The Balaban J connectivity index is 0.00000121. The Bertz CT molecular complexity index is 620. The summed E-state index contributed by atoms with van der Waals surface area (Å²) in [6.45, 7) is 3.62. The lowest BCUT2D eigenvalue weighted by atomic mass is 10.1. The van der Waals surface area contributed by atoms with Crippen molar-refractivity contribution < 1.29 is 5.11 Å². The third kappa shape index (κ3) is 3.71. The molecule has 0 radical (unpaired) electrons. The largest absolute Gasteiger partial charge is 0.507 e. The van der Waals surface area contributed by atoms with Gasteiger partial charge in [0, 0.05) is 31.7 Å². The molecule has 6 nitrogen and oxygen atoms in total. The van der Waals surface area contributed by atoms with Gasteiger partial charge in [0.25, 0.3) is 0 Å². The van der Waals surface area contributed by atoms with Crippen LogP contribution in [0.1, 0.15) is 0 Å². The van der Waals surface area contributed by atoms with E-state index in [-0.39, 0.29) is 30.6 Å². The van der Waals surface area contributed by atoms with Gasteiger partial charge < -0.3 is 21.1 Å². The number of para-hydroxylation sites is 1. The molecule has 4 N–H and O–H groups in total. The maximum atomic E-state index is 9.91. The van der Waals surface area contributed by atoms with Gasteiger partial charge in [-0.15, -0.1) is 35.0 Å². The van der Waals surface area contributed by atoms with E-state index in [1.807, 2.05) is 18.2 Å². The van der Waals surface area contributed by atoms with Crippen LogP contribution in [-0.4, -0.2) is 41.5 Å². The number of hydrogen-bond donors (Lipinski definition) is 3. The van der Waals surface area contributed by atoms with Gasteiger partial charge in [0.1, 0.15) is 5.75 Å². The molecule has 1 aromatic carbocycles. The van der Waals surface area contributed by atoms with Gasteiger partial charge in [0.05, 0.1) is 11.4 Å². The number of nitrogens with zero attached hydrogens (tertiary/aromatic N) is 3. The van der Waals surface area contributed by atoms with Gasteiger partial charge >= 0.3 is 0 Å². The van der Waals surface area contributed by atoms with Gasteiger partial charge in [-0.1, -0.05) is 12.1 Å². The van der Waals surface area contributed by atoms with E-state index in [2.05, 4.69) is 20.4 Å². The highest BCUT2D eigenvalue weighted by Crippen LogP contribution is 2.31. The van der Waals surface area contributed by atoms with Gasteiger partial charge in [-0.05, 0) is 18.2 Å². The summed E-state index contributed by atoms with van der Waals surface area (Å²) in [5, 5.41) is 21.3. The molecule has 3 rings (SSSR count). The first kappa shape index (κ1) is 18.3. The van der Waals surface area contributed by atoms with E-state index in [9.17, 15) is 5.11 Å². The number of phenolic OH excluding ortho intramolecular Hbond substituents is 1. The second-order valence-electron chi connectivity index (χ2n) is 4.75. The fourth-order valence-electron chi connectivity index (χ4n) is 2.37. The lowest BCUT2D eigenvalue weighted by Crippen LogP contribution is -2.43. The van der Waals surface area contributed by atoms with E-state index >= 15 is 0 Å². The summed E-state index contributed by atoms with van der Waals surface area (Å²) in [5.74, 6) is 0.615. The predicted molar refractivity (Wildman–Crippen MR) is 93.1 cm³/mol. The molecule has 8 heteroatoms. The molecule has 0 amide bonds. The van der Waals surface area contributed by atoms with Crippen molar-refractivity contribution in [2.75, 3.05) is 36.8 Å². The minimum Gasteiger partial charge on any atom is -0.507 e. The summed E-state index contributed by atoms with van der Waals surface area (Å²) >= 11 is 0. The van der Waals surface area contributed by atoms with Gasteiger partial charge in [-0.3, -0.25) is 0 Å². The number of phenols is 1. The van der Waals surface area contributed by atoms with Crippen LogP contribution in [0.5, 0.6) is 5.75 Å². The second kappa shape index (κ2) is 8.03. The first-order valence-corrected chi connectivity index (χ1v) is 6.63. The smallest absolute Gasteiger partial charge is 0.169 e. The maximum Gasteiger partial charge on any atom is 0.169 e. The molecule has 1 fully saturated rings. The van der Waals surface area contributed by atoms with E-state index in [1.165, 1.54) is 0 Å². The minimum atomic E-state index is 0. The number of piperazine rings is 1. The summed E-state index contributed by atoms with van der Waals surface area (Å²) < 4.78 is 0. The van der Waals surface area contributed by atoms with Crippen molar-refractivity contribution in [3.05, 3.63) is 30.3 Å². The van der Waals surface area contributed by atoms with Crippen LogP contribution >= 0.6 is 24.8 Å². The molecule has 2 heterocycles. The van der Waals surface area contributed by atoms with Gasteiger partial charge in [-0.2, -0.15) is 0 Å². The first-order chi connectivity index (χ1) is 9.75. The van der Waals surface area contributed by atoms with Gasteiger partial charge in [0.2, 0.25) is 0 Å². The Morgan fingerprint density at radius 1 is 1.09 bits per heavy atom. The van der Waals surface area contributed by atoms with E-state index in [1.54, 1.807) is 12.1 Å². The zero-order valence-corrected chi connectivity index (χ0v) is 13.5. The molecule has 0 atom stereocenters. The van der Waals surface area contributed by atoms with Crippen LogP contribution in [0.3, 0.4) is 0 Å². The lowest BCUT2D eigenvalue weighted by Gasteiger charge is -2.30. The minimum absolute atomic E-state index is 0. The summed E-state index contributed by atoms with van der Waals surface area (Å²) in [6, 6.07) is 8.98. The average molecular weight is 344 g/mol. The van der Waals surface area contributed by atoms with E-state index in [0.717, 1.165) is 31.9 Å². The first-order valence-electron chi connectivity index (χ1n) is 6.63. The number of aromatic hydroxyl groups is 1. The van der Waals surface area contributed by atoms with Crippen LogP contribution in [0.15, 0.2) is 30.3 Å². The molecule has 0 bridgehead atoms. The molecule has 2 aromatic rings. The molecule has 1 aliphatic heterocycles. The average Bonchev–Trinajstić information content (AvgIpc) is 2.49. The third-order valence-electron chi connectivity index (χ3n) is 3.44. The molecule has 1 saturated heterocycles. The zero-order valence-electron chi connectivity index (χ0n) is 11.9. The Labute approximate surface area is 141 Å². The fraction of sp³-hybridized carbons (Fsp3) is 0.286. The molecule has 1 aliphatic rings. The van der Waals surface area contributed by atoms with E-state index in [0.29, 0.717) is 17.1 Å². The van der Waals surface area contributed by atoms with Crippen molar-refractivity contribution in [2.45, 2.75) is 0 Å². The molecule has 0 spiro atoms. The number of rotatable bonds is 2. The van der Waals surface area contributed by atoms with Crippen LogP contribution in [0.2, 0.25) is 0 Å². The Hall–Kier alpha value is -1.76. The molecular weight excluding hydrogens is 325 g/mol. The van der Waals surface area contributed by atoms with Crippen LogP contribution in [-0.2, 0) is 0 Å². The SMILES string of the molecule is Cl.Cl.Nc1nnc(-c2ccccc2O)cc1N1CCNCC1. The normalized spacial score (nSPS) is 13.9. The molecule has 0 unspecified atom stereocenters. The number of anilines is 2. The van der Waals surface area contributed by atoms with Gasteiger partial charge in [-0.25, -0.2) is 0 Å². The fourth-order valence-corrected chi connectivity index (χ4v) is 2.37. The summed E-state index contributed by atoms with van der Waals surface area (Å²) in [5.41, 5.74) is 8.11. The van der Waals surface area contributed by atoms with Gasteiger partial charge in [0.15, 0.2) is 5.82 Å². The molecule has 120 valence electrons. The Morgan fingerprint density at radius 3 is 2.45 bits per heavy atom. The van der Waals surface area contributed by atoms with Crippen LogP contribution < -0.4 is 16.0 Å². The number of benzene rings is 1. The highest BCUT2D eigenvalue weighted by Gasteiger charge is 2.16. The van der Waals surface area contributed by atoms with Crippen molar-refractivity contribution in [3.8, 4) is 17.0 Å². The molecular formula is C14H19Cl2N5O. The number of halogens is 2. The van der Waals surface area contributed by atoms with E-state index < -0.39 is 0 Å². The van der Waals surface area contributed by atoms with Crippen molar-refractivity contribution in [1.82, 2.24) is 15.5 Å². The van der Waals surface area contributed by atoms with Crippen LogP contribution in [0.25, 0.3) is 11.3 Å². The maximum absolute atomic E-state index is 9.91. The van der Waals surface area contributed by atoms with Crippen LogP contribution in [0, 0.1) is 0 Å². The molecule has 22 heavy (non-hydrogen) atoms. The summed E-state index contributed by atoms with van der Waals surface area (Å²) in [4.78, 5) is 2.18. The number of nitrogens with two attached hydrogens (primary N) is 1. The quantitative estimate of drug-likeness (QED) is 0.769. The lowest BCUT2D eigenvalue weighted by molar-refractivity contribution is 0.477. The zero-order chi connectivity index (χ0) is 13.9. The van der Waals surface area contributed by atoms with Crippen LogP contribution in [0.4, 0.5) is 11.5 Å². The van der Waals surface area contributed by atoms with Crippen molar-refractivity contribution >= 4 is 36.3 Å². The molecule has 1 aromatic heterocycles. The van der Waals surface area contributed by atoms with Crippen molar-refractivity contribution in [1.29, 1.82) is 0 Å². The Morgan fingerprint density at radius 2 is 1.77 bits per heavy atom. The molecule has 0 aliphatic carbocycles. The third-order valence-corrected chi connectivity index (χ3v) is 3.44. The molecule has 0 saturated carbocycles. The number of nitrogen functional groups attached to an aromatic ring is 1. The highest BCUT2D eigenvalue weighted by atomic mass is 35.5. The summed E-state index contributed by atoms with van der Waals surface area (Å²) in [6.07, 6.45) is 0. The van der Waals surface area contributed by atoms with Crippen molar-refractivity contribution in [2.24, 2.45) is 0 Å². The standard InChI is InChI=1S/C14H17N5O.2ClH/c15-14-12(19-7-5-16-6-8-19)9-11(17-18-14)10-3-1-2-4-13(10)20;;/h1-4,9,16,20H,5-8H2,(H2,15,18);2*1H. The number of aromatic nitrogens is 2. The highest BCUT2D eigenvalue weighted by molar-refractivity contribution is 5.85. The van der Waals surface area contributed by atoms with Crippen molar-refractivity contribution in [3.63, 3.8) is 0 Å². The van der Waals surface area contributed by atoms with E-state index in [4.69, 9.17) is 5.73 Å².